The van der Waals surface area contributed by atoms with Crippen molar-refractivity contribution in [3.8, 4) is 11.5 Å². The summed E-state index contributed by atoms with van der Waals surface area (Å²) in [4.78, 5) is 13.8. The Bertz CT molecular complexity index is 1470. The minimum atomic E-state index is -3.51. The zero-order valence-corrected chi connectivity index (χ0v) is 25.5. The first-order valence-electron chi connectivity index (χ1n) is 13.4. The van der Waals surface area contributed by atoms with Crippen molar-refractivity contribution in [1.29, 1.82) is 0 Å². The molecule has 2 aliphatic rings. The summed E-state index contributed by atoms with van der Waals surface area (Å²) in [5.74, 6) is -0.636. The summed E-state index contributed by atoms with van der Waals surface area (Å²) in [5.41, 5.74) is 0.401. The predicted molar refractivity (Wildman–Crippen MR) is 157 cm³/mol. The second kappa shape index (κ2) is 12.3. The Labute approximate surface area is 258 Å². The molecule has 0 bridgehead atoms. The lowest BCUT2D eigenvalue weighted by atomic mass is 9.94. The second-order valence-corrected chi connectivity index (χ2v) is 13.7. The van der Waals surface area contributed by atoms with Crippen molar-refractivity contribution in [1.82, 2.24) is 4.31 Å². The zero-order chi connectivity index (χ0) is 31.1. The third-order valence-corrected chi connectivity index (χ3v) is 10.3. The summed E-state index contributed by atoms with van der Waals surface area (Å²) < 4.78 is 66.6. The van der Waals surface area contributed by atoms with Gasteiger partial charge in [0.15, 0.2) is 23.9 Å². The molecule has 2 aromatic carbocycles. The van der Waals surface area contributed by atoms with Crippen LogP contribution in [0.2, 0.25) is 10.0 Å². The molecular weight excluding hydrogens is 629 g/mol. The molecule has 1 aliphatic heterocycles. The molecule has 1 saturated carbocycles. The van der Waals surface area contributed by atoms with Gasteiger partial charge in [-0.1, -0.05) is 47.5 Å². The van der Waals surface area contributed by atoms with E-state index in [4.69, 9.17) is 32.7 Å². The number of ether oxygens (including phenoxy) is 3. The molecule has 232 valence electrons. The van der Waals surface area contributed by atoms with E-state index in [1.54, 1.807) is 38.1 Å². The fourth-order valence-corrected chi connectivity index (χ4v) is 7.78. The van der Waals surface area contributed by atoms with E-state index < -0.39 is 41.5 Å². The maximum absolute atomic E-state index is 13.5. The normalized spacial score (nSPS) is 18.6. The van der Waals surface area contributed by atoms with E-state index in [1.807, 2.05) is 0 Å². The molecule has 0 unspecified atom stereocenters. The highest BCUT2D eigenvalue weighted by Gasteiger charge is 2.49. The van der Waals surface area contributed by atoms with E-state index in [0.717, 1.165) is 25.2 Å². The molecule has 0 radical (unpaired) electrons. The van der Waals surface area contributed by atoms with Gasteiger partial charge >= 0.3 is 12.6 Å². The monoisotopic (exact) mass is 658 g/mol. The molecule has 2 N–H and O–H groups in total. The van der Waals surface area contributed by atoms with E-state index in [9.17, 15) is 27.9 Å². The Morgan fingerprint density at radius 3 is 2.44 bits per heavy atom. The summed E-state index contributed by atoms with van der Waals surface area (Å²) in [5, 5.41) is 11.9. The third-order valence-electron chi connectivity index (χ3n) is 7.49. The predicted octanol–water partition coefficient (Wildman–Crippen LogP) is 7.12. The lowest BCUT2D eigenvalue weighted by Gasteiger charge is -2.42. The number of esters is 1. The van der Waals surface area contributed by atoms with E-state index in [1.165, 1.54) is 22.5 Å². The van der Waals surface area contributed by atoms with Gasteiger partial charge in [-0.15, -0.1) is 10.8 Å². The molecule has 1 fully saturated rings. The van der Waals surface area contributed by atoms with Crippen LogP contribution < -0.4 is 14.2 Å². The molecule has 1 aliphatic carbocycles. The first kappa shape index (κ1) is 31.6. The van der Waals surface area contributed by atoms with Crippen LogP contribution in [0.1, 0.15) is 49.5 Å². The van der Waals surface area contributed by atoms with Gasteiger partial charge in [0.25, 0.3) is 0 Å². The number of alkyl halides is 2. The van der Waals surface area contributed by atoms with Crippen LogP contribution in [0.3, 0.4) is 0 Å². The molecule has 0 saturated heterocycles. The Morgan fingerprint density at radius 2 is 1.81 bits per heavy atom. The van der Waals surface area contributed by atoms with Gasteiger partial charge in [-0.05, 0) is 61.9 Å². The van der Waals surface area contributed by atoms with Crippen LogP contribution in [0.25, 0.3) is 0 Å². The van der Waals surface area contributed by atoms with Crippen LogP contribution in [0.15, 0.2) is 59.8 Å². The van der Waals surface area contributed by atoms with Gasteiger partial charge in [0.2, 0.25) is 0 Å². The number of halogens is 4. The molecular formula is C29H30Cl2F2N2O7S. The standard InChI is InChI=1S/C29H30Cl2F2N2O7S/c1-29(2)20-5-3-4-6-26(20)43(38,39)35(29)15-27(36)41-24(12-19-21(30)13-34(37)14-22(19)31)18-9-10-23(42-28(32)33)25(11-18)40-16-17-7-8-17/h3-6,9-11,13-14,17,24,28,38-39H,7-8,12,15-16H2,1-2H3/t24-/m0/s1. The van der Waals surface area contributed by atoms with Crippen molar-refractivity contribution < 1.29 is 41.6 Å². The lowest BCUT2D eigenvalue weighted by molar-refractivity contribution is -0.605. The average molecular weight is 660 g/mol. The second-order valence-electron chi connectivity index (χ2n) is 10.9. The summed E-state index contributed by atoms with van der Waals surface area (Å²) in [6.07, 6.45) is 2.94. The van der Waals surface area contributed by atoms with E-state index in [0.29, 0.717) is 38.8 Å². The number of aromatic nitrogens is 1. The Kier molecular flexibility index (Phi) is 8.99. The van der Waals surface area contributed by atoms with Crippen LogP contribution in [-0.2, 0) is 21.5 Å². The van der Waals surface area contributed by atoms with Gasteiger partial charge in [0.1, 0.15) is 22.7 Å². The van der Waals surface area contributed by atoms with Crippen LogP contribution in [-0.4, -0.2) is 39.1 Å². The first-order chi connectivity index (χ1) is 20.3. The smallest absolute Gasteiger partial charge is 0.387 e. The number of pyridine rings is 1. The number of carbonyl (C=O) groups excluding carboxylic acids is 1. The molecule has 1 aromatic heterocycles. The van der Waals surface area contributed by atoms with Gasteiger partial charge in [-0.3, -0.25) is 13.9 Å². The number of benzene rings is 2. The van der Waals surface area contributed by atoms with E-state index in [2.05, 4.69) is 4.74 Å². The average Bonchev–Trinajstić information content (AvgIpc) is 3.74. The highest BCUT2D eigenvalue weighted by atomic mass is 35.5. The number of rotatable bonds is 11. The molecule has 0 amide bonds. The first-order valence-corrected chi connectivity index (χ1v) is 15.7. The van der Waals surface area contributed by atoms with Gasteiger partial charge < -0.3 is 19.4 Å². The fraction of sp³-hybridized carbons (Fsp3) is 0.379. The van der Waals surface area contributed by atoms with Gasteiger partial charge in [-0.2, -0.15) is 17.8 Å². The topological polar surface area (TPSA) is 115 Å². The minimum absolute atomic E-state index is 0.0247. The molecule has 14 heteroatoms. The number of carbonyl (C=O) groups is 1. The number of hydrogen-bond donors (Lipinski definition) is 2. The Balaban J connectivity index is 1.46. The highest BCUT2D eigenvalue weighted by Crippen LogP contribution is 2.64. The van der Waals surface area contributed by atoms with Crippen molar-refractivity contribution >= 4 is 39.9 Å². The summed E-state index contributed by atoms with van der Waals surface area (Å²) in [6.45, 7) is 0.260. The largest absolute Gasteiger partial charge is 0.619 e. The van der Waals surface area contributed by atoms with Gasteiger partial charge in [0, 0.05) is 12.0 Å². The fourth-order valence-electron chi connectivity index (χ4n) is 5.04. The van der Waals surface area contributed by atoms with Crippen molar-refractivity contribution in [2.75, 3.05) is 13.2 Å². The highest BCUT2D eigenvalue weighted by molar-refractivity contribution is 8.22. The molecule has 1 atom stereocenters. The molecule has 43 heavy (non-hydrogen) atoms. The Hall–Kier alpha value is -2.87. The van der Waals surface area contributed by atoms with Crippen LogP contribution in [0.5, 0.6) is 11.5 Å². The maximum atomic E-state index is 13.5. The Morgan fingerprint density at radius 1 is 1.14 bits per heavy atom. The summed E-state index contributed by atoms with van der Waals surface area (Å²) in [7, 11) is -3.51. The number of nitrogens with zero attached hydrogens (tertiary/aromatic N) is 2. The maximum Gasteiger partial charge on any atom is 0.387 e. The van der Waals surface area contributed by atoms with Gasteiger partial charge in [-0.25, -0.2) is 0 Å². The molecule has 5 rings (SSSR count). The minimum Gasteiger partial charge on any atom is -0.619 e. The molecule has 0 spiro atoms. The molecule has 9 nitrogen and oxygen atoms in total. The number of hydrogen-bond acceptors (Lipinski definition) is 8. The molecule has 2 heterocycles. The number of fused-ring (bicyclic) bond motifs is 1. The lowest BCUT2D eigenvalue weighted by Crippen LogP contribution is -2.41. The van der Waals surface area contributed by atoms with Crippen molar-refractivity contribution in [3.63, 3.8) is 0 Å². The van der Waals surface area contributed by atoms with Crippen LogP contribution in [0, 0.1) is 11.1 Å². The van der Waals surface area contributed by atoms with E-state index >= 15 is 0 Å². The zero-order valence-electron chi connectivity index (χ0n) is 23.2. The third kappa shape index (κ3) is 6.79. The quantitative estimate of drug-likeness (QED) is 0.127. The van der Waals surface area contributed by atoms with Crippen LogP contribution >= 0.6 is 34.0 Å². The van der Waals surface area contributed by atoms with Crippen molar-refractivity contribution in [3.05, 3.63) is 86.8 Å². The van der Waals surface area contributed by atoms with Gasteiger partial charge in [0.05, 0.1) is 17.0 Å². The van der Waals surface area contributed by atoms with Crippen molar-refractivity contribution in [2.45, 2.75) is 56.3 Å². The van der Waals surface area contributed by atoms with Crippen molar-refractivity contribution in [2.24, 2.45) is 5.92 Å². The SMILES string of the molecule is CC1(C)c2ccccc2S(O)(O)N1CC(=O)O[C@@H](Cc1c(Cl)c[n+]([O-])cc1Cl)c1ccc(OC(F)F)c(OCC2CC2)c1. The molecule has 3 aromatic rings. The van der Waals surface area contributed by atoms with Crippen LogP contribution in [0.4, 0.5) is 8.78 Å². The summed E-state index contributed by atoms with van der Waals surface area (Å²) in [6, 6.07) is 11.0. The van der Waals surface area contributed by atoms with E-state index in [-0.39, 0.29) is 28.0 Å². The summed E-state index contributed by atoms with van der Waals surface area (Å²) >= 11 is 12.7.